The fraction of sp³-hybridized carbons (Fsp3) is 0.211. The first-order valence-electron chi connectivity index (χ1n) is 8.07. The molecule has 0 atom stereocenters. The molecule has 1 N–H and O–H groups in total. The van der Waals surface area contributed by atoms with Crippen molar-refractivity contribution in [2.45, 2.75) is 19.4 Å². The molecule has 0 fully saturated rings. The molecule has 0 saturated heterocycles. The average Bonchev–Trinajstić information content (AvgIpc) is 3.20. The van der Waals surface area contributed by atoms with E-state index in [-0.39, 0.29) is 5.91 Å². The lowest BCUT2D eigenvalue weighted by molar-refractivity contribution is -0.121. The van der Waals surface area contributed by atoms with Gasteiger partial charge in [-0.1, -0.05) is 18.2 Å². The minimum Gasteiger partial charge on any atom is -0.497 e. The van der Waals surface area contributed by atoms with Gasteiger partial charge in [-0.2, -0.15) is 0 Å². The van der Waals surface area contributed by atoms with E-state index in [1.54, 1.807) is 25.8 Å². The molecule has 6 heteroatoms. The Morgan fingerprint density at radius 2 is 1.96 bits per heavy atom. The molecular formula is C19H20N4O2. The molecule has 1 amide bonds. The van der Waals surface area contributed by atoms with E-state index in [2.05, 4.69) is 15.3 Å². The molecular weight excluding hydrogens is 316 g/mol. The number of aryl methyl sites for hydroxylation is 1. The molecule has 0 aliphatic heterocycles. The topological polar surface area (TPSA) is 69.0 Å². The zero-order chi connectivity index (χ0) is 17.5. The van der Waals surface area contributed by atoms with Gasteiger partial charge in [0.15, 0.2) is 0 Å². The Bertz CT molecular complexity index is 796. The van der Waals surface area contributed by atoms with Gasteiger partial charge in [-0.05, 0) is 35.7 Å². The molecule has 0 spiro atoms. The van der Waals surface area contributed by atoms with E-state index in [0.717, 1.165) is 22.7 Å². The number of imidazole rings is 1. The van der Waals surface area contributed by atoms with Gasteiger partial charge in [0.05, 0.1) is 7.11 Å². The summed E-state index contributed by atoms with van der Waals surface area (Å²) in [4.78, 5) is 20.4. The van der Waals surface area contributed by atoms with Crippen LogP contribution in [0.2, 0.25) is 0 Å². The summed E-state index contributed by atoms with van der Waals surface area (Å²) in [5.41, 5.74) is 2.07. The first-order valence-corrected chi connectivity index (χ1v) is 8.07. The SMILES string of the molecule is COc1ccc(CCC(=O)NCc2ccc(-n3ccnc3)nc2)cc1. The predicted molar refractivity (Wildman–Crippen MR) is 94.5 cm³/mol. The number of nitrogens with zero attached hydrogens (tertiary/aromatic N) is 3. The van der Waals surface area contributed by atoms with Gasteiger partial charge in [-0.25, -0.2) is 9.97 Å². The van der Waals surface area contributed by atoms with Crippen molar-refractivity contribution in [2.24, 2.45) is 0 Å². The summed E-state index contributed by atoms with van der Waals surface area (Å²) >= 11 is 0. The summed E-state index contributed by atoms with van der Waals surface area (Å²) in [6.07, 6.45) is 8.16. The summed E-state index contributed by atoms with van der Waals surface area (Å²) in [5, 5.41) is 2.92. The Morgan fingerprint density at radius 1 is 1.16 bits per heavy atom. The Labute approximate surface area is 146 Å². The fourth-order valence-corrected chi connectivity index (χ4v) is 2.41. The molecule has 6 nitrogen and oxygen atoms in total. The van der Waals surface area contributed by atoms with E-state index in [4.69, 9.17) is 4.74 Å². The summed E-state index contributed by atoms with van der Waals surface area (Å²) in [6.45, 7) is 0.471. The summed E-state index contributed by atoms with van der Waals surface area (Å²) < 4.78 is 6.95. The first-order chi connectivity index (χ1) is 12.2. The molecule has 1 aromatic carbocycles. The van der Waals surface area contributed by atoms with Crippen molar-refractivity contribution in [3.8, 4) is 11.6 Å². The summed E-state index contributed by atoms with van der Waals surface area (Å²) in [6, 6.07) is 11.6. The second-order valence-corrected chi connectivity index (χ2v) is 5.62. The second kappa shape index (κ2) is 8.10. The molecule has 2 aromatic heterocycles. The third kappa shape index (κ3) is 4.67. The number of carbonyl (C=O) groups excluding carboxylic acids is 1. The van der Waals surface area contributed by atoms with E-state index in [0.29, 0.717) is 19.4 Å². The van der Waals surface area contributed by atoms with Crippen molar-refractivity contribution >= 4 is 5.91 Å². The van der Waals surface area contributed by atoms with Crippen molar-refractivity contribution in [3.05, 3.63) is 72.4 Å². The fourth-order valence-electron chi connectivity index (χ4n) is 2.41. The Hall–Kier alpha value is -3.15. The minimum atomic E-state index is 0.0227. The number of nitrogens with one attached hydrogen (secondary N) is 1. The second-order valence-electron chi connectivity index (χ2n) is 5.62. The number of pyridine rings is 1. The highest BCUT2D eigenvalue weighted by Gasteiger charge is 2.04. The standard InChI is InChI=1S/C19H20N4O2/c1-25-17-6-2-15(3-7-17)5-9-19(24)22-13-16-4-8-18(21-12-16)23-11-10-20-14-23/h2-4,6-8,10-12,14H,5,9,13H2,1H3,(H,22,24). The van der Waals surface area contributed by atoms with Gasteiger partial charge >= 0.3 is 0 Å². The summed E-state index contributed by atoms with van der Waals surface area (Å²) in [7, 11) is 1.64. The van der Waals surface area contributed by atoms with Crippen LogP contribution in [-0.4, -0.2) is 27.6 Å². The molecule has 128 valence electrons. The zero-order valence-corrected chi connectivity index (χ0v) is 14.1. The number of ether oxygens (including phenoxy) is 1. The molecule has 3 rings (SSSR count). The minimum absolute atomic E-state index is 0.0227. The van der Waals surface area contributed by atoms with E-state index in [1.165, 1.54) is 0 Å². The molecule has 2 heterocycles. The lowest BCUT2D eigenvalue weighted by atomic mass is 10.1. The van der Waals surface area contributed by atoms with Gasteiger partial charge in [-0.3, -0.25) is 9.36 Å². The van der Waals surface area contributed by atoms with E-state index < -0.39 is 0 Å². The maximum absolute atomic E-state index is 12.0. The van der Waals surface area contributed by atoms with E-state index in [1.807, 2.05) is 47.2 Å². The third-order valence-electron chi connectivity index (χ3n) is 3.87. The van der Waals surface area contributed by atoms with Crippen LogP contribution in [0.3, 0.4) is 0 Å². The highest BCUT2D eigenvalue weighted by Crippen LogP contribution is 2.12. The molecule has 3 aromatic rings. The van der Waals surface area contributed by atoms with Crippen molar-refractivity contribution in [1.82, 2.24) is 19.9 Å². The van der Waals surface area contributed by atoms with Gasteiger partial charge < -0.3 is 10.1 Å². The molecule has 25 heavy (non-hydrogen) atoms. The number of benzene rings is 1. The lowest BCUT2D eigenvalue weighted by Crippen LogP contribution is -2.23. The predicted octanol–water partition coefficient (Wildman–Crippen LogP) is 2.52. The lowest BCUT2D eigenvalue weighted by Gasteiger charge is -2.07. The molecule has 0 bridgehead atoms. The molecule has 0 unspecified atom stereocenters. The van der Waals surface area contributed by atoms with Crippen molar-refractivity contribution in [3.63, 3.8) is 0 Å². The Morgan fingerprint density at radius 3 is 2.60 bits per heavy atom. The molecule has 0 aliphatic carbocycles. The van der Waals surface area contributed by atoms with Gasteiger partial charge in [-0.15, -0.1) is 0 Å². The number of carbonyl (C=O) groups is 1. The number of hydrogen-bond acceptors (Lipinski definition) is 4. The number of hydrogen-bond donors (Lipinski definition) is 1. The maximum atomic E-state index is 12.0. The van der Waals surface area contributed by atoms with Crippen LogP contribution < -0.4 is 10.1 Å². The van der Waals surface area contributed by atoms with Gasteiger partial charge in [0, 0.05) is 31.6 Å². The zero-order valence-electron chi connectivity index (χ0n) is 14.1. The Kier molecular flexibility index (Phi) is 5.41. The van der Waals surface area contributed by atoms with Crippen molar-refractivity contribution < 1.29 is 9.53 Å². The quantitative estimate of drug-likeness (QED) is 0.720. The number of aromatic nitrogens is 3. The van der Waals surface area contributed by atoms with Crippen molar-refractivity contribution in [2.75, 3.05) is 7.11 Å². The van der Waals surface area contributed by atoms with E-state index >= 15 is 0 Å². The highest BCUT2D eigenvalue weighted by atomic mass is 16.5. The van der Waals surface area contributed by atoms with Crippen LogP contribution in [0.1, 0.15) is 17.5 Å². The molecule has 0 radical (unpaired) electrons. The van der Waals surface area contributed by atoms with Crippen LogP contribution in [0.4, 0.5) is 0 Å². The highest BCUT2D eigenvalue weighted by molar-refractivity contribution is 5.76. The number of methoxy groups -OCH3 is 1. The van der Waals surface area contributed by atoms with Crippen LogP contribution >= 0.6 is 0 Å². The maximum Gasteiger partial charge on any atom is 0.220 e. The average molecular weight is 336 g/mol. The third-order valence-corrected chi connectivity index (χ3v) is 3.87. The van der Waals surface area contributed by atoms with Crippen LogP contribution in [0.5, 0.6) is 5.75 Å². The van der Waals surface area contributed by atoms with E-state index in [9.17, 15) is 4.79 Å². The summed E-state index contributed by atoms with van der Waals surface area (Å²) in [5.74, 6) is 1.64. The van der Waals surface area contributed by atoms with Crippen LogP contribution in [-0.2, 0) is 17.8 Å². The first kappa shape index (κ1) is 16.7. The number of rotatable bonds is 7. The smallest absolute Gasteiger partial charge is 0.220 e. The Balaban J connectivity index is 1.45. The van der Waals surface area contributed by atoms with Crippen LogP contribution in [0.25, 0.3) is 5.82 Å². The monoisotopic (exact) mass is 336 g/mol. The van der Waals surface area contributed by atoms with Gasteiger partial charge in [0.2, 0.25) is 5.91 Å². The van der Waals surface area contributed by atoms with Gasteiger partial charge in [0.1, 0.15) is 17.9 Å². The van der Waals surface area contributed by atoms with Crippen molar-refractivity contribution in [1.29, 1.82) is 0 Å². The molecule has 0 saturated carbocycles. The molecule has 0 aliphatic rings. The number of amides is 1. The normalized spacial score (nSPS) is 10.4. The largest absolute Gasteiger partial charge is 0.497 e. The van der Waals surface area contributed by atoms with Crippen LogP contribution in [0.15, 0.2) is 61.3 Å². The van der Waals surface area contributed by atoms with Gasteiger partial charge in [0.25, 0.3) is 0 Å². The van der Waals surface area contributed by atoms with Crippen LogP contribution in [0, 0.1) is 0 Å².